The summed E-state index contributed by atoms with van der Waals surface area (Å²) in [5, 5.41) is 14.2. The standard InChI is InChI=1S/C23H21N3O3/c27-16-15-25-22(28)19-10-6-17(7-11-19)4-5-18-8-12-20(13-9-18)26-23(29)21-3-1-2-14-24-21/h1-14,27H,15-16H2,(H,25,28)(H,26,29)/b5-4+. The van der Waals surface area contributed by atoms with Crippen LogP contribution in [0.15, 0.2) is 72.9 Å². The van der Waals surface area contributed by atoms with Crippen molar-refractivity contribution in [2.45, 2.75) is 0 Å². The number of rotatable bonds is 7. The van der Waals surface area contributed by atoms with Crippen molar-refractivity contribution in [2.75, 3.05) is 18.5 Å². The maximum absolute atomic E-state index is 12.1. The number of pyridine rings is 1. The highest BCUT2D eigenvalue weighted by Gasteiger charge is 2.06. The molecule has 1 aromatic heterocycles. The van der Waals surface area contributed by atoms with Crippen LogP contribution >= 0.6 is 0 Å². The largest absolute Gasteiger partial charge is 0.395 e. The molecule has 0 aliphatic heterocycles. The Labute approximate surface area is 168 Å². The average Bonchev–Trinajstić information content (AvgIpc) is 2.78. The number of aromatic nitrogens is 1. The Morgan fingerprint density at radius 3 is 2.10 bits per heavy atom. The fourth-order valence-corrected chi connectivity index (χ4v) is 2.58. The average molecular weight is 387 g/mol. The first kappa shape index (κ1) is 20.0. The first-order chi connectivity index (χ1) is 14.2. The molecule has 0 saturated heterocycles. The molecule has 6 heteroatoms. The molecular formula is C23H21N3O3. The summed E-state index contributed by atoms with van der Waals surface area (Å²) < 4.78 is 0. The Morgan fingerprint density at radius 1 is 0.862 bits per heavy atom. The number of aliphatic hydroxyl groups is 1. The van der Waals surface area contributed by atoms with Gasteiger partial charge in [-0.05, 0) is 47.5 Å². The topological polar surface area (TPSA) is 91.3 Å². The van der Waals surface area contributed by atoms with Gasteiger partial charge in [-0.25, -0.2) is 0 Å². The van der Waals surface area contributed by atoms with E-state index in [2.05, 4.69) is 15.6 Å². The third-order valence-electron chi connectivity index (χ3n) is 4.10. The van der Waals surface area contributed by atoms with Gasteiger partial charge in [0.25, 0.3) is 11.8 Å². The summed E-state index contributed by atoms with van der Waals surface area (Å²) in [6.45, 7) is 0.150. The van der Waals surface area contributed by atoms with Gasteiger partial charge in [-0.15, -0.1) is 0 Å². The van der Waals surface area contributed by atoms with Crippen LogP contribution in [0, 0.1) is 0 Å². The number of benzene rings is 2. The van der Waals surface area contributed by atoms with Gasteiger partial charge in [0.15, 0.2) is 0 Å². The van der Waals surface area contributed by atoms with Gasteiger partial charge < -0.3 is 15.7 Å². The molecule has 0 atom stereocenters. The Balaban J connectivity index is 1.58. The molecule has 6 nitrogen and oxygen atoms in total. The van der Waals surface area contributed by atoms with Crippen molar-refractivity contribution in [1.82, 2.24) is 10.3 Å². The van der Waals surface area contributed by atoms with Crippen LogP contribution in [0.2, 0.25) is 0 Å². The molecule has 2 amide bonds. The first-order valence-corrected chi connectivity index (χ1v) is 9.15. The van der Waals surface area contributed by atoms with E-state index >= 15 is 0 Å². The van der Waals surface area contributed by atoms with Crippen LogP contribution in [0.5, 0.6) is 0 Å². The predicted molar refractivity (Wildman–Crippen MR) is 113 cm³/mol. The minimum atomic E-state index is -0.253. The lowest BCUT2D eigenvalue weighted by atomic mass is 10.1. The second-order valence-corrected chi connectivity index (χ2v) is 6.23. The highest BCUT2D eigenvalue weighted by molar-refractivity contribution is 6.02. The summed E-state index contributed by atoms with van der Waals surface area (Å²) in [4.78, 5) is 28.0. The van der Waals surface area contributed by atoms with Crippen molar-refractivity contribution < 1.29 is 14.7 Å². The number of aliphatic hydroxyl groups excluding tert-OH is 1. The van der Waals surface area contributed by atoms with Gasteiger partial charge in [0, 0.05) is 24.0 Å². The zero-order valence-electron chi connectivity index (χ0n) is 15.7. The van der Waals surface area contributed by atoms with Crippen molar-refractivity contribution >= 4 is 29.7 Å². The number of anilines is 1. The Kier molecular flexibility index (Phi) is 6.86. The maximum Gasteiger partial charge on any atom is 0.274 e. The second kappa shape index (κ2) is 9.96. The van der Waals surface area contributed by atoms with Crippen molar-refractivity contribution in [2.24, 2.45) is 0 Å². The van der Waals surface area contributed by atoms with Gasteiger partial charge in [0.1, 0.15) is 5.69 Å². The molecule has 0 aliphatic rings. The SMILES string of the molecule is O=C(NCCO)c1ccc(/C=C/c2ccc(NC(=O)c3ccccn3)cc2)cc1. The Hall–Kier alpha value is -3.77. The van der Waals surface area contributed by atoms with E-state index in [1.165, 1.54) is 0 Å². The normalized spacial score (nSPS) is 10.7. The number of carbonyl (C=O) groups is 2. The highest BCUT2D eigenvalue weighted by Crippen LogP contribution is 2.14. The molecule has 0 spiro atoms. The predicted octanol–water partition coefficient (Wildman–Crippen LogP) is 3.23. The summed E-state index contributed by atoms with van der Waals surface area (Å²) in [6.07, 6.45) is 5.47. The van der Waals surface area contributed by atoms with Crippen LogP contribution < -0.4 is 10.6 Å². The van der Waals surface area contributed by atoms with E-state index in [4.69, 9.17) is 5.11 Å². The number of carbonyl (C=O) groups excluding carboxylic acids is 2. The van der Waals surface area contributed by atoms with E-state index < -0.39 is 0 Å². The molecule has 0 saturated carbocycles. The summed E-state index contributed by atoms with van der Waals surface area (Å²) in [5.74, 6) is -0.463. The molecule has 0 bridgehead atoms. The second-order valence-electron chi connectivity index (χ2n) is 6.23. The van der Waals surface area contributed by atoms with Crippen molar-refractivity contribution in [3.05, 3.63) is 95.3 Å². The third-order valence-corrected chi connectivity index (χ3v) is 4.10. The van der Waals surface area contributed by atoms with Gasteiger partial charge in [0.05, 0.1) is 6.61 Å². The molecule has 2 aromatic carbocycles. The van der Waals surface area contributed by atoms with Crippen LogP contribution in [-0.4, -0.2) is 35.1 Å². The molecule has 3 rings (SSSR count). The Bertz CT molecular complexity index is 982. The lowest BCUT2D eigenvalue weighted by Crippen LogP contribution is -2.26. The van der Waals surface area contributed by atoms with Gasteiger partial charge in [-0.3, -0.25) is 14.6 Å². The molecule has 0 fully saturated rings. The third kappa shape index (κ3) is 5.85. The first-order valence-electron chi connectivity index (χ1n) is 9.15. The summed E-state index contributed by atoms with van der Waals surface area (Å²) in [5.41, 5.74) is 3.53. The van der Waals surface area contributed by atoms with Crippen LogP contribution in [0.3, 0.4) is 0 Å². The minimum Gasteiger partial charge on any atom is -0.395 e. The number of hydrogen-bond donors (Lipinski definition) is 3. The molecule has 0 aliphatic carbocycles. The zero-order chi connectivity index (χ0) is 20.5. The monoisotopic (exact) mass is 387 g/mol. The highest BCUT2D eigenvalue weighted by atomic mass is 16.3. The van der Waals surface area contributed by atoms with Gasteiger partial charge in [0.2, 0.25) is 0 Å². The van der Waals surface area contributed by atoms with E-state index in [1.54, 1.807) is 36.5 Å². The van der Waals surface area contributed by atoms with Crippen LogP contribution in [0.4, 0.5) is 5.69 Å². The molecule has 1 heterocycles. The van der Waals surface area contributed by atoms with E-state index in [0.717, 1.165) is 11.1 Å². The molecule has 0 unspecified atom stereocenters. The van der Waals surface area contributed by atoms with Crippen LogP contribution in [0.1, 0.15) is 32.0 Å². The minimum absolute atomic E-state index is 0.0851. The Morgan fingerprint density at radius 2 is 1.52 bits per heavy atom. The van der Waals surface area contributed by atoms with Gasteiger partial charge in [-0.1, -0.05) is 42.5 Å². The molecular weight excluding hydrogens is 366 g/mol. The van der Waals surface area contributed by atoms with Crippen LogP contribution in [-0.2, 0) is 0 Å². The van der Waals surface area contributed by atoms with E-state index in [1.807, 2.05) is 48.6 Å². The quantitative estimate of drug-likeness (QED) is 0.543. The van der Waals surface area contributed by atoms with E-state index in [-0.39, 0.29) is 25.0 Å². The molecule has 3 aromatic rings. The number of hydrogen-bond acceptors (Lipinski definition) is 4. The lowest BCUT2D eigenvalue weighted by Gasteiger charge is -2.05. The van der Waals surface area contributed by atoms with Crippen molar-refractivity contribution in [3.63, 3.8) is 0 Å². The number of nitrogens with one attached hydrogen (secondary N) is 2. The van der Waals surface area contributed by atoms with E-state index in [0.29, 0.717) is 16.9 Å². The van der Waals surface area contributed by atoms with Crippen molar-refractivity contribution in [3.8, 4) is 0 Å². The molecule has 29 heavy (non-hydrogen) atoms. The van der Waals surface area contributed by atoms with Gasteiger partial charge >= 0.3 is 0 Å². The zero-order valence-corrected chi connectivity index (χ0v) is 15.7. The maximum atomic E-state index is 12.1. The number of nitrogens with zero attached hydrogens (tertiary/aromatic N) is 1. The van der Waals surface area contributed by atoms with Gasteiger partial charge in [-0.2, -0.15) is 0 Å². The summed E-state index contributed by atoms with van der Waals surface area (Å²) in [7, 11) is 0. The fraction of sp³-hybridized carbons (Fsp3) is 0.0870. The van der Waals surface area contributed by atoms with E-state index in [9.17, 15) is 9.59 Å². The van der Waals surface area contributed by atoms with Crippen LogP contribution in [0.25, 0.3) is 12.2 Å². The molecule has 146 valence electrons. The fourth-order valence-electron chi connectivity index (χ4n) is 2.58. The molecule has 3 N–H and O–H groups in total. The number of amides is 2. The smallest absolute Gasteiger partial charge is 0.274 e. The summed E-state index contributed by atoms with van der Waals surface area (Å²) >= 11 is 0. The van der Waals surface area contributed by atoms with Crippen molar-refractivity contribution in [1.29, 1.82) is 0 Å². The lowest BCUT2D eigenvalue weighted by molar-refractivity contribution is 0.0944. The summed E-state index contributed by atoms with van der Waals surface area (Å²) in [6, 6.07) is 19.8. The molecule has 0 radical (unpaired) electrons.